The number of nitrogens with two attached hydrogens (primary N) is 1. The first-order valence-electron chi connectivity index (χ1n) is 8.61. The van der Waals surface area contributed by atoms with Gasteiger partial charge < -0.3 is 16.2 Å². The topological polar surface area (TPSA) is 109 Å². The van der Waals surface area contributed by atoms with Gasteiger partial charge >= 0.3 is 5.97 Å². The van der Waals surface area contributed by atoms with E-state index in [9.17, 15) is 14.4 Å². The van der Waals surface area contributed by atoms with Gasteiger partial charge in [0.2, 0.25) is 5.91 Å². The van der Waals surface area contributed by atoms with Crippen LogP contribution in [0.4, 0.5) is 5.00 Å². The number of primary amides is 1. The van der Waals surface area contributed by atoms with Crippen LogP contribution in [-0.4, -0.2) is 22.9 Å². The summed E-state index contributed by atoms with van der Waals surface area (Å²) < 4.78 is 0. The van der Waals surface area contributed by atoms with E-state index in [1.165, 1.54) is 11.3 Å². The summed E-state index contributed by atoms with van der Waals surface area (Å²) in [6.07, 6.45) is 3.38. The van der Waals surface area contributed by atoms with E-state index in [0.717, 1.165) is 36.1 Å². The number of fused-ring (bicyclic) bond motifs is 1. The molecule has 4 N–H and O–H groups in total. The summed E-state index contributed by atoms with van der Waals surface area (Å²) in [4.78, 5) is 35.6. The molecule has 0 saturated heterocycles. The third-order valence-electron chi connectivity index (χ3n) is 5.35. The van der Waals surface area contributed by atoms with Gasteiger partial charge in [-0.05, 0) is 36.2 Å². The smallest absolute Gasteiger partial charge is 0.303 e. The zero-order chi connectivity index (χ0) is 18.8. The molecule has 0 unspecified atom stereocenters. The lowest BCUT2D eigenvalue weighted by Crippen LogP contribution is -2.29. The number of nitrogens with one attached hydrogen (secondary N) is 1. The van der Waals surface area contributed by atoms with Crippen molar-refractivity contribution >= 4 is 34.1 Å². The lowest BCUT2D eigenvalue weighted by Gasteiger charge is -2.36. The molecule has 0 fully saturated rings. The summed E-state index contributed by atoms with van der Waals surface area (Å²) in [5, 5.41) is 11.8. The van der Waals surface area contributed by atoms with Crippen molar-refractivity contribution in [2.75, 3.05) is 5.32 Å². The monoisotopic (exact) mass is 366 g/mol. The molecule has 0 saturated carbocycles. The van der Waals surface area contributed by atoms with E-state index < -0.39 is 17.8 Å². The first-order valence-corrected chi connectivity index (χ1v) is 9.43. The van der Waals surface area contributed by atoms with Crippen LogP contribution in [0, 0.1) is 11.3 Å². The first kappa shape index (κ1) is 19.4. The van der Waals surface area contributed by atoms with E-state index in [-0.39, 0.29) is 18.3 Å². The molecule has 1 aromatic heterocycles. The molecule has 6 nitrogen and oxygen atoms in total. The predicted octanol–water partition coefficient (Wildman–Crippen LogP) is 3.19. The summed E-state index contributed by atoms with van der Waals surface area (Å²) >= 11 is 1.40. The van der Waals surface area contributed by atoms with Crippen molar-refractivity contribution in [1.29, 1.82) is 0 Å². The highest BCUT2D eigenvalue weighted by Crippen LogP contribution is 2.45. The maximum atomic E-state index is 12.0. The molecule has 0 radical (unpaired) electrons. The van der Waals surface area contributed by atoms with Gasteiger partial charge in [0.1, 0.15) is 5.00 Å². The fourth-order valence-corrected chi connectivity index (χ4v) is 4.65. The number of hydrogen-bond donors (Lipinski definition) is 3. The van der Waals surface area contributed by atoms with Gasteiger partial charge in [-0.1, -0.05) is 27.2 Å². The summed E-state index contributed by atoms with van der Waals surface area (Å²) in [6, 6.07) is 0. The summed E-state index contributed by atoms with van der Waals surface area (Å²) in [5.74, 6) is -1.45. The van der Waals surface area contributed by atoms with E-state index in [2.05, 4.69) is 26.1 Å². The van der Waals surface area contributed by atoms with Gasteiger partial charge in [0, 0.05) is 11.3 Å². The van der Waals surface area contributed by atoms with E-state index in [4.69, 9.17) is 10.8 Å². The van der Waals surface area contributed by atoms with Crippen molar-refractivity contribution in [3.63, 3.8) is 0 Å². The Hall–Kier alpha value is -1.89. The van der Waals surface area contributed by atoms with Crippen LogP contribution in [0.3, 0.4) is 0 Å². The maximum absolute atomic E-state index is 12.0. The Morgan fingerprint density at radius 1 is 1.32 bits per heavy atom. The minimum atomic E-state index is -1.03. The van der Waals surface area contributed by atoms with Crippen LogP contribution >= 0.6 is 11.3 Å². The number of carbonyl (C=O) groups excluding carboxylic acids is 2. The Morgan fingerprint density at radius 2 is 2.00 bits per heavy atom. The van der Waals surface area contributed by atoms with Gasteiger partial charge in [0.25, 0.3) is 5.91 Å². The molecule has 1 aromatic rings. The van der Waals surface area contributed by atoms with Gasteiger partial charge in [-0.15, -0.1) is 11.3 Å². The van der Waals surface area contributed by atoms with Crippen LogP contribution in [0.15, 0.2) is 0 Å². The average molecular weight is 366 g/mol. The molecule has 25 heavy (non-hydrogen) atoms. The summed E-state index contributed by atoms with van der Waals surface area (Å²) in [6.45, 7) is 6.71. The zero-order valence-electron chi connectivity index (χ0n) is 15.0. The third kappa shape index (κ3) is 4.39. The Morgan fingerprint density at radius 3 is 2.56 bits per heavy atom. The molecule has 0 spiro atoms. The van der Waals surface area contributed by atoms with E-state index >= 15 is 0 Å². The molecule has 1 heterocycles. The number of carboxylic acids is 1. The second-order valence-electron chi connectivity index (χ2n) is 7.30. The average Bonchev–Trinajstić information content (AvgIpc) is 2.89. The normalized spacial score (nSPS) is 17.0. The fraction of sp³-hybridized carbons (Fsp3) is 0.611. The number of amides is 2. The molecule has 0 aromatic carbocycles. The standard InChI is InChI=1S/C18H26N2O4S/c1-4-18(2,3)10-5-6-11-12(9-10)25-17(15(11)16(19)24)20-13(21)7-8-14(22)23/h10H,4-9H2,1-3H3,(H2,19,24)(H,20,21)(H,22,23)/t10-/m1/s1. The number of carbonyl (C=O) groups is 3. The summed E-state index contributed by atoms with van der Waals surface area (Å²) in [7, 11) is 0. The Labute approximate surface area is 151 Å². The number of hydrogen-bond acceptors (Lipinski definition) is 4. The largest absolute Gasteiger partial charge is 0.481 e. The molecule has 138 valence electrons. The lowest BCUT2D eigenvalue weighted by molar-refractivity contribution is -0.138. The van der Waals surface area contributed by atoms with Crippen LogP contribution in [-0.2, 0) is 22.4 Å². The molecule has 2 amide bonds. The zero-order valence-corrected chi connectivity index (χ0v) is 15.8. The molecule has 7 heteroatoms. The highest BCUT2D eigenvalue weighted by molar-refractivity contribution is 7.17. The minimum absolute atomic E-state index is 0.123. The van der Waals surface area contributed by atoms with Crippen molar-refractivity contribution in [2.24, 2.45) is 17.1 Å². The maximum Gasteiger partial charge on any atom is 0.303 e. The van der Waals surface area contributed by atoms with Gasteiger partial charge in [-0.2, -0.15) is 0 Å². The summed E-state index contributed by atoms with van der Waals surface area (Å²) in [5.41, 5.74) is 7.12. The number of thiophene rings is 1. The number of aliphatic carboxylic acids is 1. The van der Waals surface area contributed by atoms with Crippen molar-refractivity contribution < 1.29 is 19.5 Å². The van der Waals surface area contributed by atoms with Crippen LogP contribution in [0.25, 0.3) is 0 Å². The van der Waals surface area contributed by atoms with Crippen LogP contribution in [0.5, 0.6) is 0 Å². The number of rotatable bonds is 7. The van der Waals surface area contributed by atoms with E-state index in [1.54, 1.807) is 0 Å². The van der Waals surface area contributed by atoms with Crippen LogP contribution in [0.1, 0.15) is 67.3 Å². The third-order valence-corrected chi connectivity index (χ3v) is 6.52. The lowest BCUT2D eigenvalue weighted by atomic mass is 9.69. The fourth-order valence-electron chi connectivity index (χ4n) is 3.30. The number of anilines is 1. The van der Waals surface area contributed by atoms with Crippen molar-refractivity contribution in [3.8, 4) is 0 Å². The second kappa shape index (κ2) is 7.56. The molecule has 1 aliphatic carbocycles. The highest BCUT2D eigenvalue weighted by Gasteiger charge is 2.34. The Bertz CT molecular complexity index is 693. The van der Waals surface area contributed by atoms with E-state index in [1.807, 2.05) is 0 Å². The second-order valence-corrected chi connectivity index (χ2v) is 8.40. The molecular weight excluding hydrogens is 340 g/mol. The van der Waals surface area contributed by atoms with Crippen molar-refractivity contribution in [3.05, 3.63) is 16.0 Å². The highest BCUT2D eigenvalue weighted by atomic mass is 32.1. The van der Waals surface area contributed by atoms with Gasteiger partial charge in [-0.25, -0.2) is 0 Å². The molecule has 2 rings (SSSR count). The van der Waals surface area contributed by atoms with Crippen LogP contribution < -0.4 is 11.1 Å². The molecule has 0 bridgehead atoms. The predicted molar refractivity (Wildman–Crippen MR) is 97.9 cm³/mol. The Kier molecular flexibility index (Phi) is 5.87. The van der Waals surface area contributed by atoms with Crippen molar-refractivity contribution in [1.82, 2.24) is 0 Å². The van der Waals surface area contributed by atoms with Gasteiger partial charge in [0.05, 0.1) is 12.0 Å². The molecule has 0 aliphatic heterocycles. The quantitative estimate of drug-likeness (QED) is 0.688. The van der Waals surface area contributed by atoms with Crippen LogP contribution in [0.2, 0.25) is 0 Å². The molecule has 1 atom stereocenters. The van der Waals surface area contributed by atoms with E-state index in [0.29, 0.717) is 16.5 Å². The van der Waals surface area contributed by atoms with Crippen molar-refractivity contribution in [2.45, 2.75) is 59.3 Å². The first-order chi connectivity index (χ1) is 11.7. The Balaban J connectivity index is 2.24. The SMILES string of the molecule is CCC(C)(C)[C@@H]1CCc2c(sc(NC(=O)CCC(=O)O)c2C(N)=O)C1. The molecular formula is C18H26N2O4S. The molecule has 1 aliphatic rings. The minimum Gasteiger partial charge on any atom is -0.481 e. The van der Waals surface area contributed by atoms with Gasteiger partial charge in [-0.3, -0.25) is 14.4 Å². The number of carboxylic acid groups (broad SMARTS) is 1. The van der Waals surface area contributed by atoms with Gasteiger partial charge in [0.15, 0.2) is 0 Å².